The first-order valence-electron chi connectivity index (χ1n) is 5.41. The molecule has 0 aliphatic carbocycles. The molecule has 1 aromatic rings. The van der Waals surface area contributed by atoms with Gasteiger partial charge in [0.15, 0.2) is 0 Å². The summed E-state index contributed by atoms with van der Waals surface area (Å²) in [7, 11) is 0. The number of rotatable bonds is 3. The van der Waals surface area contributed by atoms with E-state index in [1.165, 1.54) is 0 Å². The highest BCUT2D eigenvalue weighted by atomic mass is 16.7. The maximum atomic E-state index is 11.4. The Morgan fingerprint density at radius 3 is 2.94 bits per heavy atom. The van der Waals surface area contributed by atoms with E-state index in [4.69, 9.17) is 4.74 Å². The van der Waals surface area contributed by atoms with E-state index in [-0.39, 0.29) is 0 Å². The van der Waals surface area contributed by atoms with E-state index in [2.05, 4.69) is 9.99 Å². The Morgan fingerprint density at radius 2 is 2.29 bits per heavy atom. The summed E-state index contributed by atoms with van der Waals surface area (Å²) < 4.78 is 5.39. The van der Waals surface area contributed by atoms with Crippen LogP contribution in [0, 0.1) is 0 Å². The molecule has 1 aromatic carbocycles. The highest BCUT2D eigenvalue weighted by Gasteiger charge is 2.21. The second-order valence-corrected chi connectivity index (χ2v) is 3.62. The molecule has 0 saturated carbocycles. The highest BCUT2D eigenvalue weighted by Crippen LogP contribution is 2.19. The molecule has 1 aliphatic heterocycles. The summed E-state index contributed by atoms with van der Waals surface area (Å²) >= 11 is 0. The zero-order chi connectivity index (χ0) is 12.3. The van der Waals surface area contributed by atoms with Gasteiger partial charge in [0.1, 0.15) is 5.75 Å². The Balaban J connectivity index is 2.29. The molecule has 0 saturated heterocycles. The monoisotopic (exact) mass is 231 g/mol. The van der Waals surface area contributed by atoms with Crippen LogP contribution in [0.3, 0.4) is 0 Å². The van der Waals surface area contributed by atoms with E-state index < -0.39 is 5.97 Å². The minimum absolute atomic E-state index is 0.413. The van der Waals surface area contributed by atoms with E-state index >= 15 is 0 Å². The standard InChI is InChI=1S/C13H13NO3/c1-3-16-11-6-4-5-10(7-11)8-12-9(2)14-17-13(12)15/h4-8H,3H2,1-2H3/b12-8+. The van der Waals surface area contributed by atoms with Crippen molar-refractivity contribution in [3.05, 3.63) is 35.4 Å². The van der Waals surface area contributed by atoms with Gasteiger partial charge in [-0.1, -0.05) is 17.3 Å². The van der Waals surface area contributed by atoms with E-state index in [1.807, 2.05) is 31.2 Å². The molecule has 88 valence electrons. The van der Waals surface area contributed by atoms with Gasteiger partial charge in [-0.3, -0.25) is 0 Å². The van der Waals surface area contributed by atoms with Crippen LogP contribution in [0.15, 0.2) is 35.0 Å². The van der Waals surface area contributed by atoms with Gasteiger partial charge >= 0.3 is 5.97 Å². The molecule has 17 heavy (non-hydrogen) atoms. The number of hydrogen-bond acceptors (Lipinski definition) is 4. The van der Waals surface area contributed by atoms with Crippen molar-refractivity contribution >= 4 is 17.8 Å². The van der Waals surface area contributed by atoms with E-state index in [1.54, 1.807) is 13.0 Å². The maximum Gasteiger partial charge on any atom is 0.367 e. The van der Waals surface area contributed by atoms with Crippen molar-refractivity contribution in [1.82, 2.24) is 0 Å². The fourth-order valence-electron chi connectivity index (χ4n) is 1.55. The first kappa shape index (κ1) is 11.4. The van der Waals surface area contributed by atoms with Crippen LogP contribution in [-0.4, -0.2) is 18.3 Å². The van der Waals surface area contributed by atoms with Gasteiger partial charge in [-0.15, -0.1) is 0 Å². The second-order valence-electron chi connectivity index (χ2n) is 3.62. The lowest BCUT2D eigenvalue weighted by molar-refractivity contribution is -0.136. The molecule has 2 rings (SSSR count). The predicted molar refractivity (Wildman–Crippen MR) is 64.8 cm³/mol. The summed E-state index contributed by atoms with van der Waals surface area (Å²) in [5.74, 6) is 0.368. The van der Waals surface area contributed by atoms with Crippen LogP contribution in [0.25, 0.3) is 6.08 Å². The number of carbonyl (C=O) groups excluding carboxylic acids is 1. The number of oxime groups is 1. The van der Waals surface area contributed by atoms with Crippen molar-refractivity contribution in [2.45, 2.75) is 13.8 Å². The van der Waals surface area contributed by atoms with Crippen LogP contribution in [0.1, 0.15) is 19.4 Å². The molecule has 0 aromatic heterocycles. The lowest BCUT2D eigenvalue weighted by Crippen LogP contribution is -2.01. The molecule has 1 aliphatic rings. The third kappa shape index (κ3) is 2.53. The van der Waals surface area contributed by atoms with Crippen LogP contribution >= 0.6 is 0 Å². The SMILES string of the molecule is CCOc1cccc(/C=C2/C(=O)ON=C2C)c1. The van der Waals surface area contributed by atoms with Gasteiger partial charge in [0, 0.05) is 0 Å². The third-order valence-electron chi connectivity index (χ3n) is 2.36. The third-order valence-corrected chi connectivity index (χ3v) is 2.36. The van der Waals surface area contributed by atoms with Gasteiger partial charge in [-0.05, 0) is 37.6 Å². The van der Waals surface area contributed by atoms with Gasteiger partial charge in [-0.2, -0.15) is 0 Å². The van der Waals surface area contributed by atoms with Crippen molar-refractivity contribution in [1.29, 1.82) is 0 Å². The van der Waals surface area contributed by atoms with Crippen LogP contribution in [0.5, 0.6) is 5.75 Å². The Bertz CT molecular complexity index is 503. The first-order chi connectivity index (χ1) is 8.20. The fraction of sp³-hybridized carbons (Fsp3) is 0.231. The summed E-state index contributed by atoms with van der Waals surface area (Å²) in [6.45, 7) is 4.28. The van der Waals surface area contributed by atoms with Crippen molar-refractivity contribution in [2.24, 2.45) is 5.16 Å². The quantitative estimate of drug-likeness (QED) is 0.592. The van der Waals surface area contributed by atoms with Gasteiger partial charge in [0.05, 0.1) is 17.9 Å². The lowest BCUT2D eigenvalue weighted by atomic mass is 10.1. The van der Waals surface area contributed by atoms with E-state index in [0.29, 0.717) is 17.9 Å². The molecular formula is C13H13NO3. The van der Waals surface area contributed by atoms with Gasteiger partial charge in [0.25, 0.3) is 0 Å². The molecule has 1 heterocycles. The Kier molecular flexibility index (Phi) is 3.23. The molecule has 0 bridgehead atoms. The zero-order valence-electron chi connectivity index (χ0n) is 9.77. The lowest BCUT2D eigenvalue weighted by Gasteiger charge is -2.03. The number of benzene rings is 1. The predicted octanol–water partition coefficient (Wildman–Crippen LogP) is 2.40. The molecule has 0 amide bonds. The summed E-state index contributed by atoms with van der Waals surface area (Å²) in [5, 5.41) is 3.62. The van der Waals surface area contributed by atoms with Crippen molar-refractivity contribution in [3.63, 3.8) is 0 Å². The molecule has 0 fully saturated rings. The smallest absolute Gasteiger partial charge is 0.367 e. The average molecular weight is 231 g/mol. The van der Waals surface area contributed by atoms with Crippen LogP contribution < -0.4 is 4.74 Å². The number of nitrogens with zero attached hydrogens (tertiary/aromatic N) is 1. The Morgan fingerprint density at radius 1 is 1.47 bits per heavy atom. The highest BCUT2D eigenvalue weighted by molar-refractivity contribution is 6.24. The van der Waals surface area contributed by atoms with Crippen LogP contribution in [0.2, 0.25) is 0 Å². The zero-order valence-corrected chi connectivity index (χ0v) is 9.77. The number of carbonyl (C=O) groups is 1. The summed E-state index contributed by atoms with van der Waals surface area (Å²) in [6.07, 6.45) is 1.75. The second kappa shape index (κ2) is 4.82. The fourth-order valence-corrected chi connectivity index (χ4v) is 1.55. The maximum absolute atomic E-state index is 11.4. The normalized spacial score (nSPS) is 16.9. The number of hydrogen-bond donors (Lipinski definition) is 0. The topological polar surface area (TPSA) is 47.9 Å². The van der Waals surface area contributed by atoms with Crippen molar-refractivity contribution < 1.29 is 14.4 Å². The van der Waals surface area contributed by atoms with E-state index in [0.717, 1.165) is 11.3 Å². The van der Waals surface area contributed by atoms with Crippen LogP contribution in [-0.2, 0) is 9.63 Å². The Hall–Kier alpha value is -2.10. The van der Waals surface area contributed by atoms with Crippen LogP contribution in [0.4, 0.5) is 0 Å². The van der Waals surface area contributed by atoms with Crippen molar-refractivity contribution in [2.75, 3.05) is 6.61 Å². The summed E-state index contributed by atoms with van der Waals surface area (Å²) in [6, 6.07) is 7.52. The minimum Gasteiger partial charge on any atom is -0.494 e. The molecule has 0 radical (unpaired) electrons. The van der Waals surface area contributed by atoms with Crippen molar-refractivity contribution in [3.8, 4) is 5.75 Å². The summed E-state index contributed by atoms with van der Waals surface area (Å²) in [5.41, 5.74) is 1.97. The Labute approximate surface area is 99.5 Å². The molecule has 0 atom stereocenters. The molecule has 0 unspecified atom stereocenters. The van der Waals surface area contributed by atoms with E-state index in [9.17, 15) is 4.79 Å². The average Bonchev–Trinajstić information content (AvgIpc) is 2.62. The van der Waals surface area contributed by atoms with Gasteiger partial charge in [0.2, 0.25) is 0 Å². The van der Waals surface area contributed by atoms with Gasteiger partial charge in [-0.25, -0.2) is 4.79 Å². The molecule has 0 N–H and O–H groups in total. The minimum atomic E-state index is -0.413. The summed E-state index contributed by atoms with van der Waals surface area (Å²) in [4.78, 5) is 15.9. The molecule has 4 heteroatoms. The largest absolute Gasteiger partial charge is 0.494 e. The van der Waals surface area contributed by atoms with Gasteiger partial charge < -0.3 is 9.57 Å². The first-order valence-corrected chi connectivity index (χ1v) is 5.41. The number of ether oxygens (including phenoxy) is 1. The molecular weight excluding hydrogens is 218 g/mol. The molecule has 4 nitrogen and oxygen atoms in total. The molecule has 0 spiro atoms.